The molecule has 0 spiro atoms. The van der Waals surface area contributed by atoms with Crippen molar-refractivity contribution in [3.63, 3.8) is 0 Å². The molecule has 0 amide bonds. The Bertz CT molecular complexity index is 495. The maximum absolute atomic E-state index is 12.4. The zero-order chi connectivity index (χ0) is 15.2. The Labute approximate surface area is 127 Å². The Kier molecular flexibility index (Phi) is 7.15. The highest BCUT2D eigenvalue weighted by atomic mass is 32.2. The highest BCUT2D eigenvalue weighted by molar-refractivity contribution is 7.91. The smallest absolute Gasteiger partial charge is 0.252 e. The van der Waals surface area contributed by atoms with E-state index in [0.29, 0.717) is 23.3 Å². The molecule has 0 radical (unpaired) electrons. The van der Waals surface area contributed by atoms with Gasteiger partial charge in [-0.1, -0.05) is 33.6 Å². The van der Waals surface area contributed by atoms with Crippen LogP contribution in [0.25, 0.3) is 0 Å². The van der Waals surface area contributed by atoms with Crippen molar-refractivity contribution in [2.45, 2.75) is 56.8 Å². The van der Waals surface area contributed by atoms with Crippen molar-refractivity contribution in [3.05, 3.63) is 17.0 Å². The molecule has 1 aromatic heterocycles. The fourth-order valence-electron chi connectivity index (χ4n) is 1.76. The average molecular weight is 319 g/mol. The maximum atomic E-state index is 12.4. The number of sulfonamides is 1. The predicted molar refractivity (Wildman–Crippen MR) is 85.6 cm³/mol. The third-order valence-corrected chi connectivity index (χ3v) is 6.41. The second-order valence-corrected chi connectivity index (χ2v) is 8.53. The molecule has 1 heterocycles. The van der Waals surface area contributed by atoms with Crippen molar-refractivity contribution >= 4 is 21.4 Å². The minimum Gasteiger partial charge on any atom is -0.310 e. The van der Waals surface area contributed by atoms with E-state index in [1.807, 2.05) is 5.38 Å². The van der Waals surface area contributed by atoms with Gasteiger partial charge in [0.2, 0.25) is 0 Å². The van der Waals surface area contributed by atoms with Crippen LogP contribution in [0.4, 0.5) is 0 Å². The number of thiophene rings is 1. The lowest BCUT2D eigenvalue weighted by molar-refractivity contribution is 0.455. The fourth-order valence-corrected chi connectivity index (χ4v) is 4.39. The summed E-state index contributed by atoms with van der Waals surface area (Å²) in [5.41, 5.74) is 1.03. The SMILES string of the molecule is CCCCCN(C)S(=O)(=O)c1cc(CNC(C)C)cs1. The Morgan fingerprint density at radius 2 is 2.05 bits per heavy atom. The quantitative estimate of drug-likeness (QED) is 0.712. The minimum atomic E-state index is -3.31. The number of nitrogens with one attached hydrogen (secondary N) is 1. The van der Waals surface area contributed by atoms with Crippen LogP contribution < -0.4 is 5.32 Å². The lowest BCUT2D eigenvalue weighted by Crippen LogP contribution is -2.27. The molecule has 0 bridgehead atoms. The van der Waals surface area contributed by atoms with Gasteiger partial charge in [0.05, 0.1) is 0 Å². The highest BCUT2D eigenvalue weighted by Crippen LogP contribution is 2.23. The first-order chi connectivity index (χ1) is 9.37. The molecule has 0 atom stereocenters. The molecule has 0 aliphatic heterocycles. The summed E-state index contributed by atoms with van der Waals surface area (Å²) in [4.78, 5) is 0. The first-order valence-corrected chi connectivity index (χ1v) is 9.47. The second-order valence-electron chi connectivity index (χ2n) is 5.34. The Morgan fingerprint density at radius 1 is 1.35 bits per heavy atom. The van der Waals surface area contributed by atoms with E-state index in [9.17, 15) is 8.42 Å². The normalized spacial score (nSPS) is 12.5. The van der Waals surface area contributed by atoms with Crippen LogP contribution in [0, 0.1) is 0 Å². The van der Waals surface area contributed by atoms with E-state index in [-0.39, 0.29) is 0 Å². The molecule has 1 aromatic rings. The summed E-state index contributed by atoms with van der Waals surface area (Å²) >= 11 is 1.31. The largest absolute Gasteiger partial charge is 0.310 e. The Hall–Kier alpha value is -0.430. The van der Waals surface area contributed by atoms with Gasteiger partial charge in [-0.15, -0.1) is 11.3 Å². The molecule has 20 heavy (non-hydrogen) atoms. The van der Waals surface area contributed by atoms with E-state index in [1.54, 1.807) is 13.1 Å². The number of hydrogen-bond donors (Lipinski definition) is 1. The molecule has 4 nitrogen and oxygen atoms in total. The molecule has 0 aromatic carbocycles. The van der Waals surface area contributed by atoms with Crippen molar-refractivity contribution in [2.75, 3.05) is 13.6 Å². The van der Waals surface area contributed by atoms with Crippen LogP contribution >= 0.6 is 11.3 Å². The molecule has 0 saturated carbocycles. The zero-order valence-corrected chi connectivity index (χ0v) is 14.5. The molecular formula is C14H26N2O2S2. The van der Waals surface area contributed by atoms with Crippen LogP contribution in [0.1, 0.15) is 45.6 Å². The third kappa shape index (κ3) is 5.16. The van der Waals surface area contributed by atoms with Gasteiger partial charge < -0.3 is 5.32 Å². The van der Waals surface area contributed by atoms with Gasteiger partial charge in [0.15, 0.2) is 0 Å². The van der Waals surface area contributed by atoms with Gasteiger partial charge in [0.1, 0.15) is 4.21 Å². The van der Waals surface area contributed by atoms with E-state index in [2.05, 4.69) is 26.1 Å². The predicted octanol–water partition coefficient (Wildman–Crippen LogP) is 3.06. The highest BCUT2D eigenvalue weighted by Gasteiger charge is 2.22. The van der Waals surface area contributed by atoms with Gasteiger partial charge >= 0.3 is 0 Å². The molecule has 0 saturated heterocycles. The van der Waals surface area contributed by atoms with Crippen LogP contribution in [0.15, 0.2) is 15.7 Å². The van der Waals surface area contributed by atoms with Crippen molar-refractivity contribution in [1.82, 2.24) is 9.62 Å². The number of nitrogens with zero attached hydrogens (tertiary/aromatic N) is 1. The van der Waals surface area contributed by atoms with Crippen molar-refractivity contribution in [1.29, 1.82) is 0 Å². The van der Waals surface area contributed by atoms with Crippen LogP contribution in [0.2, 0.25) is 0 Å². The monoisotopic (exact) mass is 318 g/mol. The Balaban J connectivity index is 2.67. The van der Waals surface area contributed by atoms with E-state index in [0.717, 1.165) is 24.8 Å². The number of unbranched alkanes of at least 4 members (excludes halogenated alkanes) is 2. The summed E-state index contributed by atoms with van der Waals surface area (Å²) in [6, 6.07) is 2.18. The molecule has 0 fully saturated rings. The first kappa shape index (κ1) is 17.6. The van der Waals surface area contributed by atoms with Gasteiger partial charge in [0, 0.05) is 26.2 Å². The lowest BCUT2D eigenvalue weighted by Gasteiger charge is -2.15. The molecule has 1 rings (SSSR count). The summed E-state index contributed by atoms with van der Waals surface area (Å²) < 4.78 is 26.7. The van der Waals surface area contributed by atoms with E-state index < -0.39 is 10.0 Å². The molecule has 116 valence electrons. The molecular weight excluding hydrogens is 292 g/mol. The van der Waals surface area contributed by atoms with Gasteiger partial charge in [-0.25, -0.2) is 12.7 Å². The third-order valence-electron chi connectivity index (χ3n) is 3.09. The number of hydrogen-bond acceptors (Lipinski definition) is 4. The summed E-state index contributed by atoms with van der Waals surface area (Å²) in [5, 5.41) is 5.21. The summed E-state index contributed by atoms with van der Waals surface area (Å²) in [6.07, 6.45) is 3.07. The summed E-state index contributed by atoms with van der Waals surface area (Å²) in [5.74, 6) is 0. The van der Waals surface area contributed by atoms with Gasteiger partial charge in [-0.3, -0.25) is 0 Å². The molecule has 0 aliphatic carbocycles. The second kappa shape index (κ2) is 8.12. The van der Waals surface area contributed by atoms with E-state index in [4.69, 9.17) is 0 Å². The van der Waals surface area contributed by atoms with Crippen molar-refractivity contribution < 1.29 is 8.42 Å². The molecule has 0 unspecified atom stereocenters. The summed E-state index contributed by atoms with van der Waals surface area (Å²) in [7, 11) is -1.65. The average Bonchev–Trinajstić information content (AvgIpc) is 2.86. The zero-order valence-electron chi connectivity index (χ0n) is 12.8. The van der Waals surface area contributed by atoms with Crippen LogP contribution in [-0.2, 0) is 16.6 Å². The van der Waals surface area contributed by atoms with Crippen molar-refractivity contribution in [3.8, 4) is 0 Å². The van der Waals surface area contributed by atoms with Gasteiger partial charge in [-0.05, 0) is 23.4 Å². The van der Waals surface area contributed by atoms with Crippen LogP contribution in [-0.4, -0.2) is 32.4 Å². The molecule has 1 N–H and O–H groups in total. The van der Waals surface area contributed by atoms with E-state index in [1.165, 1.54) is 15.6 Å². The van der Waals surface area contributed by atoms with Crippen LogP contribution in [0.3, 0.4) is 0 Å². The molecule has 6 heteroatoms. The summed E-state index contributed by atoms with van der Waals surface area (Å²) in [6.45, 7) is 7.57. The maximum Gasteiger partial charge on any atom is 0.252 e. The molecule has 0 aliphatic rings. The standard InChI is InChI=1S/C14H26N2O2S2/c1-5-6-7-8-16(4)20(17,18)14-9-13(11-19-14)10-15-12(2)3/h9,11-12,15H,5-8,10H2,1-4H3. The van der Waals surface area contributed by atoms with Crippen LogP contribution in [0.5, 0.6) is 0 Å². The Morgan fingerprint density at radius 3 is 2.65 bits per heavy atom. The minimum absolute atomic E-state index is 0.395. The van der Waals surface area contributed by atoms with Crippen molar-refractivity contribution in [2.24, 2.45) is 0 Å². The van der Waals surface area contributed by atoms with Gasteiger partial charge in [-0.2, -0.15) is 0 Å². The lowest BCUT2D eigenvalue weighted by atomic mass is 10.2. The first-order valence-electron chi connectivity index (χ1n) is 7.15. The van der Waals surface area contributed by atoms with Gasteiger partial charge in [0.25, 0.3) is 10.0 Å². The number of rotatable bonds is 9. The topological polar surface area (TPSA) is 49.4 Å². The fraction of sp³-hybridized carbons (Fsp3) is 0.714. The van der Waals surface area contributed by atoms with E-state index >= 15 is 0 Å².